The molecule has 1 aliphatic heterocycles. The minimum absolute atomic E-state index is 0.0655. The third-order valence-electron chi connectivity index (χ3n) is 6.00. The van der Waals surface area contributed by atoms with E-state index in [0.717, 1.165) is 61.1 Å². The number of morpholine rings is 1. The number of rotatable bonds is 6. The Morgan fingerprint density at radius 3 is 2.39 bits per heavy atom. The van der Waals surface area contributed by atoms with Crippen LogP contribution in [0.2, 0.25) is 5.02 Å². The van der Waals surface area contributed by atoms with Crippen molar-refractivity contribution in [1.29, 1.82) is 0 Å². The average Bonchev–Trinajstić information content (AvgIpc) is 3.29. The van der Waals surface area contributed by atoms with Crippen LogP contribution in [0.5, 0.6) is 5.75 Å². The molecule has 3 heterocycles. The molecule has 0 bridgehead atoms. The van der Waals surface area contributed by atoms with E-state index in [4.69, 9.17) is 26.2 Å². The first-order chi connectivity index (χ1) is 16.1. The van der Waals surface area contributed by atoms with Crippen molar-refractivity contribution in [3.63, 3.8) is 0 Å². The van der Waals surface area contributed by atoms with Gasteiger partial charge in [0.2, 0.25) is 0 Å². The highest BCUT2D eigenvalue weighted by molar-refractivity contribution is 6.30. The van der Waals surface area contributed by atoms with Gasteiger partial charge in [0.05, 0.1) is 37.9 Å². The molecule has 0 saturated carbocycles. The van der Waals surface area contributed by atoms with Crippen LogP contribution >= 0.6 is 11.6 Å². The van der Waals surface area contributed by atoms with Crippen LogP contribution in [0.1, 0.15) is 0 Å². The van der Waals surface area contributed by atoms with E-state index in [-0.39, 0.29) is 5.56 Å². The number of hydrogen-bond donors (Lipinski definition) is 0. The van der Waals surface area contributed by atoms with Crippen molar-refractivity contribution in [3.8, 4) is 28.3 Å². The fraction of sp³-hybridized carbons (Fsp3) is 0.280. The molecule has 1 aliphatic rings. The molecule has 0 atom stereocenters. The van der Waals surface area contributed by atoms with Crippen LogP contribution in [-0.4, -0.2) is 59.0 Å². The Morgan fingerprint density at radius 2 is 1.70 bits per heavy atom. The third-order valence-corrected chi connectivity index (χ3v) is 6.26. The zero-order chi connectivity index (χ0) is 22.8. The summed E-state index contributed by atoms with van der Waals surface area (Å²) in [6, 6.07) is 17.0. The monoisotopic (exact) mass is 464 g/mol. The van der Waals surface area contributed by atoms with Gasteiger partial charge in [0.15, 0.2) is 0 Å². The molecular weight excluding hydrogens is 440 g/mol. The molecule has 0 unspecified atom stereocenters. The van der Waals surface area contributed by atoms with Crippen LogP contribution in [0.15, 0.2) is 65.6 Å². The number of aromatic nitrogens is 3. The van der Waals surface area contributed by atoms with E-state index < -0.39 is 0 Å². The lowest BCUT2D eigenvalue weighted by Gasteiger charge is -2.27. The molecule has 4 aromatic rings. The van der Waals surface area contributed by atoms with Crippen LogP contribution in [-0.2, 0) is 11.3 Å². The Labute approximate surface area is 196 Å². The molecule has 170 valence electrons. The van der Waals surface area contributed by atoms with Crippen molar-refractivity contribution >= 4 is 17.1 Å². The molecular formula is C25H25ClN4O3. The highest BCUT2D eigenvalue weighted by Gasteiger charge is 2.17. The van der Waals surface area contributed by atoms with E-state index >= 15 is 0 Å². The summed E-state index contributed by atoms with van der Waals surface area (Å²) in [5, 5.41) is 5.35. The first-order valence-corrected chi connectivity index (χ1v) is 11.3. The summed E-state index contributed by atoms with van der Waals surface area (Å²) in [6.45, 7) is 4.57. The molecule has 7 nitrogen and oxygen atoms in total. The lowest BCUT2D eigenvalue weighted by atomic mass is 10.1. The lowest BCUT2D eigenvalue weighted by Crippen LogP contribution is -2.39. The number of benzene rings is 2. The summed E-state index contributed by atoms with van der Waals surface area (Å²) < 4.78 is 14.3. The van der Waals surface area contributed by atoms with Crippen LogP contribution < -0.4 is 10.3 Å². The van der Waals surface area contributed by atoms with Gasteiger partial charge in [-0.25, -0.2) is 4.52 Å². The first-order valence-electron chi connectivity index (χ1n) is 11.0. The van der Waals surface area contributed by atoms with Crippen molar-refractivity contribution in [1.82, 2.24) is 19.1 Å². The smallest absolute Gasteiger partial charge is 0.277 e. The first kappa shape index (κ1) is 21.7. The van der Waals surface area contributed by atoms with Crippen LogP contribution in [0, 0.1) is 0 Å². The van der Waals surface area contributed by atoms with Crippen molar-refractivity contribution in [2.75, 3.05) is 40.0 Å². The van der Waals surface area contributed by atoms with Gasteiger partial charge in [0, 0.05) is 42.3 Å². The Kier molecular flexibility index (Phi) is 6.17. The molecule has 0 amide bonds. The Bertz CT molecular complexity index is 1310. The molecule has 8 heteroatoms. The summed E-state index contributed by atoms with van der Waals surface area (Å²) in [4.78, 5) is 16.0. The van der Waals surface area contributed by atoms with Gasteiger partial charge in [0.1, 0.15) is 11.3 Å². The summed E-state index contributed by atoms with van der Waals surface area (Å²) in [5.74, 6) is 0.770. The fourth-order valence-electron chi connectivity index (χ4n) is 4.13. The topological polar surface area (TPSA) is 61.0 Å². The standard InChI is InChI=1S/C25H25ClN4O3/c1-32-21-8-4-19(5-9-21)24-17-30-23(16-22(27-30)18-2-6-20(26)7-3-18)25(31)29(24)11-10-28-12-14-33-15-13-28/h2-9,16-17H,10-15H2,1H3. The molecule has 2 aromatic heterocycles. The number of methoxy groups -OCH3 is 1. The van der Waals surface area contributed by atoms with E-state index in [1.54, 1.807) is 11.6 Å². The quantitative estimate of drug-likeness (QED) is 0.434. The lowest BCUT2D eigenvalue weighted by molar-refractivity contribution is 0.0363. The second-order valence-corrected chi connectivity index (χ2v) is 8.46. The van der Waals surface area contributed by atoms with E-state index in [2.05, 4.69) is 4.90 Å². The van der Waals surface area contributed by atoms with Crippen LogP contribution in [0.3, 0.4) is 0 Å². The summed E-state index contributed by atoms with van der Waals surface area (Å²) in [5.41, 5.74) is 3.86. The van der Waals surface area contributed by atoms with E-state index in [9.17, 15) is 4.79 Å². The molecule has 0 radical (unpaired) electrons. The highest BCUT2D eigenvalue weighted by Crippen LogP contribution is 2.25. The second-order valence-electron chi connectivity index (χ2n) is 8.02. The number of hydrogen-bond acceptors (Lipinski definition) is 5. The SMILES string of the molecule is COc1ccc(-c2cn3nc(-c4ccc(Cl)cc4)cc3c(=O)n2CCN2CCOCC2)cc1. The zero-order valence-electron chi connectivity index (χ0n) is 18.4. The minimum atomic E-state index is -0.0655. The van der Waals surface area contributed by atoms with Gasteiger partial charge in [0.25, 0.3) is 5.56 Å². The molecule has 0 N–H and O–H groups in total. The van der Waals surface area contributed by atoms with Crippen LogP contribution in [0.4, 0.5) is 0 Å². The van der Waals surface area contributed by atoms with Crippen molar-refractivity contribution in [2.45, 2.75) is 6.54 Å². The molecule has 0 aliphatic carbocycles. The Morgan fingerprint density at radius 1 is 1.00 bits per heavy atom. The second kappa shape index (κ2) is 9.39. The van der Waals surface area contributed by atoms with Crippen molar-refractivity contribution in [3.05, 3.63) is 76.2 Å². The summed E-state index contributed by atoms with van der Waals surface area (Å²) in [7, 11) is 1.64. The number of nitrogens with zero attached hydrogens (tertiary/aromatic N) is 4. The minimum Gasteiger partial charge on any atom is -0.497 e. The maximum absolute atomic E-state index is 13.6. The number of halogens is 1. The maximum Gasteiger partial charge on any atom is 0.277 e. The molecule has 1 saturated heterocycles. The van der Waals surface area contributed by atoms with Gasteiger partial charge < -0.3 is 14.0 Å². The molecule has 2 aromatic carbocycles. The van der Waals surface area contributed by atoms with Gasteiger partial charge in [-0.1, -0.05) is 23.7 Å². The van der Waals surface area contributed by atoms with Gasteiger partial charge in [-0.3, -0.25) is 9.69 Å². The predicted molar refractivity (Wildman–Crippen MR) is 129 cm³/mol. The maximum atomic E-state index is 13.6. The number of fused-ring (bicyclic) bond motifs is 1. The summed E-state index contributed by atoms with van der Waals surface area (Å²) in [6.07, 6.45) is 1.93. The Balaban J connectivity index is 1.59. The van der Waals surface area contributed by atoms with Crippen LogP contribution in [0.25, 0.3) is 28.0 Å². The van der Waals surface area contributed by atoms with E-state index in [0.29, 0.717) is 17.1 Å². The summed E-state index contributed by atoms with van der Waals surface area (Å²) >= 11 is 6.03. The third kappa shape index (κ3) is 4.53. The zero-order valence-corrected chi connectivity index (χ0v) is 19.2. The van der Waals surface area contributed by atoms with Crippen molar-refractivity contribution in [2.24, 2.45) is 0 Å². The molecule has 0 spiro atoms. The molecule has 1 fully saturated rings. The van der Waals surface area contributed by atoms with Crippen molar-refractivity contribution < 1.29 is 9.47 Å². The van der Waals surface area contributed by atoms with E-state index in [1.807, 2.05) is 65.4 Å². The van der Waals surface area contributed by atoms with Gasteiger partial charge in [-0.05, 0) is 42.5 Å². The molecule has 33 heavy (non-hydrogen) atoms. The largest absolute Gasteiger partial charge is 0.497 e. The fourth-order valence-corrected chi connectivity index (χ4v) is 4.25. The van der Waals surface area contributed by atoms with E-state index in [1.165, 1.54) is 0 Å². The van der Waals surface area contributed by atoms with Gasteiger partial charge in [-0.2, -0.15) is 5.10 Å². The Hall–Kier alpha value is -3.13. The van der Waals surface area contributed by atoms with Gasteiger partial charge >= 0.3 is 0 Å². The molecule has 5 rings (SSSR count). The van der Waals surface area contributed by atoms with Gasteiger partial charge in [-0.15, -0.1) is 0 Å². The predicted octanol–water partition coefficient (Wildman–Crippen LogP) is 3.82. The number of ether oxygens (including phenoxy) is 2. The normalized spacial score (nSPS) is 14.6. The highest BCUT2D eigenvalue weighted by atomic mass is 35.5. The average molecular weight is 465 g/mol.